The van der Waals surface area contributed by atoms with E-state index in [-0.39, 0.29) is 24.2 Å². The first-order valence-electron chi connectivity index (χ1n) is 12.0. The van der Waals surface area contributed by atoms with Gasteiger partial charge < -0.3 is 10.2 Å². The molecule has 0 unspecified atom stereocenters. The van der Waals surface area contributed by atoms with Crippen LogP contribution in [0.3, 0.4) is 0 Å². The largest absolute Gasteiger partial charge is 0.352 e. The quantitative estimate of drug-likeness (QED) is 0.464. The number of nitrogens with one attached hydrogen (secondary N) is 1. The van der Waals surface area contributed by atoms with Gasteiger partial charge >= 0.3 is 10.2 Å². The average Bonchev–Trinajstić information content (AvgIpc) is 2.83. The van der Waals surface area contributed by atoms with Gasteiger partial charge in [-0.2, -0.15) is 12.7 Å². The molecular formula is C26H37FN4O4S. The standard InChI is InChI=1S/C26H37FN4O4S/c1-7-20(4)28-26(33)23(8-2)30(17-21-15-13-19(3)14-16-21)25(32)18-31(36(34,35)29(5)6)24-12-10-9-11-22(24)27/h9-16,20,23H,7-8,17-18H2,1-6H3,(H,28,33)/t20-,23-/m0/s1. The second-order valence-electron chi connectivity index (χ2n) is 9.00. The maximum absolute atomic E-state index is 14.7. The van der Waals surface area contributed by atoms with Gasteiger partial charge in [0, 0.05) is 26.7 Å². The van der Waals surface area contributed by atoms with E-state index >= 15 is 0 Å². The molecule has 0 fully saturated rings. The third kappa shape index (κ3) is 7.27. The van der Waals surface area contributed by atoms with E-state index in [4.69, 9.17) is 0 Å². The molecule has 1 N–H and O–H groups in total. The lowest BCUT2D eigenvalue weighted by Crippen LogP contribution is -2.54. The number of hydrogen-bond donors (Lipinski definition) is 1. The minimum Gasteiger partial charge on any atom is -0.352 e. The van der Waals surface area contributed by atoms with Crippen LogP contribution >= 0.6 is 0 Å². The van der Waals surface area contributed by atoms with E-state index in [9.17, 15) is 22.4 Å². The first kappa shape index (κ1) is 29.3. The van der Waals surface area contributed by atoms with Gasteiger partial charge in [0.15, 0.2) is 0 Å². The summed E-state index contributed by atoms with van der Waals surface area (Å²) in [6, 6.07) is 12.0. The van der Waals surface area contributed by atoms with Gasteiger partial charge in [-0.3, -0.25) is 9.59 Å². The van der Waals surface area contributed by atoms with Crippen molar-refractivity contribution in [2.24, 2.45) is 0 Å². The summed E-state index contributed by atoms with van der Waals surface area (Å²) in [5, 5.41) is 2.92. The number of para-hydroxylation sites is 1. The van der Waals surface area contributed by atoms with Crippen molar-refractivity contribution in [3.63, 3.8) is 0 Å². The molecular weight excluding hydrogens is 483 g/mol. The van der Waals surface area contributed by atoms with Gasteiger partial charge in [0.2, 0.25) is 11.8 Å². The molecule has 8 nitrogen and oxygen atoms in total. The normalized spacial score (nSPS) is 13.2. The lowest BCUT2D eigenvalue weighted by Gasteiger charge is -2.34. The molecule has 0 saturated heterocycles. The van der Waals surface area contributed by atoms with Crippen LogP contribution < -0.4 is 9.62 Å². The summed E-state index contributed by atoms with van der Waals surface area (Å²) < 4.78 is 42.6. The van der Waals surface area contributed by atoms with E-state index in [1.807, 2.05) is 45.0 Å². The predicted molar refractivity (Wildman–Crippen MR) is 140 cm³/mol. The molecule has 198 valence electrons. The van der Waals surface area contributed by atoms with Gasteiger partial charge in [0.1, 0.15) is 18.4 Å². The van der Waals surface area contributed by atoms with Crippen LogP contribution in [0.5, 0.6) is 0 Å². The molecule has 2 atom stereocenters. The molecule has 0 bridgehead atoms. The molecule has 10 heteroatoms. The number of halogens is 1. The zero-order valence-corrected chi connectivity index (χ0v) is 22.7. The van der Waals surface area contributed by atoms with Crippen molar-refractivity contribution in [3.8, 4) is 0 Å². The number of carbonyl (C=O) groups is 2. The number of nitrogens with zero attached hydrogens (tertiary/aromatic N) is 3. The van der Waals surface area contributed by atoms with E-state index in [0.717, 1.165) is 32.2 Å². The Kier molecular flexibility index (Phi) is 10.4. The van der Waals surface area contributed by atoms with Crippen LogP contribution in [-0.2, 0) is 26.3 Å². The Morgan fingerprint density at radius 3 is 2.14 bits per heavy atom. The van der Waals surface area contributed by atoms with Gasteiger partial charge in [-0.15, -0.1) is 0 Å². The highest BCUT2D eigenvalue weighted by atomic mass is 32.2. The van der Waals surface area contributed by atoms with Crippen LogP contribution in [0.15, 0.2) is 48.5 Å². The molecule has 0 saturated carbocycles. The van der Waals surface area contributed by atoms with Crippen molar-refractivity contribution in [2.75, 3.05) is 24.9 Å². The lowest BCUT2D eigenvalue weighted by atomic mass is 10.1. The molecule has 36 heavy (non-hydrogen) atoms. The summed E-state index contributed by atoms with van der Waals surface area (Å²) in [6.45, 7) is 6.99. The van der Waals surface area contributed by atoms with Crippen molar-refractivity contribution in [1.29, 1.82) is 0 Å². The molecule has 2 aromatic carbocycles. The maximum atomic E-state index is 14.7. The number of aryl methyl sites for hydroxylation is 1. The van der Waals surface area contributed by atoms with Gasteiger partial charge in [-0.1, -0.05) is 55.8 Å². The summed E-state index contributed by atoms with van der Waals surface area (Å²) >= 11 is 0. The van der Waals surface area contributed by atoms with Crippen LogP contribution in [0.25, 0.3) is 0 Å². The van der Waals surface area contributed by atoms with Crippen molar-refractivity contribution in [3.05, 3.63) is 65.5 Å². The third-order valence-corrected chi connectivity index (χ3v) is 7.81. The fourth-order valence-corrected chi connectivity index (χ4v) is 4.67. The first-order valence-corrected chi connectivity index (χ1v) is 13.4. The Morgan fingerprint density at radius 1 is 1.00 bits per heavy atom. The Morgan fingerprint density at radius 2 is 1.61 bits per heavy atom. The third-order valence-electron chi connectivity index (χ3n) is 6.00. The Labute approximate surface area is 214 Å². The minimum atomic E-state index is -4.22. The monoisotopic (exact) mass is 520 g/mol. The predicted octanol–water partition coefficient (Wildman–Crippen LogP) is 3.47. The number of hydrogen-bond acceptors (Lipinski definition) is 4. The number of anilines is 1. The van der Waals surface area contributed by atoms with Crippen LogP contribution in [0.2, 0.25) is 0 Å². The Hall–Kier alpha value is -2.98. The minimum absolute atomic E-state index is 0.0908. The smallest absolute Gasteiger partial charge is 0.304 e. The number of amides is 2. The second kappa shape index (κ2) is 12.8. The van der Waals surface area contributed by atoms with Gasteiger partial charge in [-0.25, -0.2) is 8.70 Å². The highest BCUT2D eigenvalue weighted by Crippen LogP contribution is 2.24. The zero-order chi connectivity index (χ0) is 27.0. The highest BCUT2D eigenvalue weighted by Gasteiger charge is 2.34. The maximum Gasteiger partial charge on any atom is 0.304 e. The summed E-state index contributed by atoms with van der Waals surface area (Å²) in [4.78, 5) is 28.3. The molecule has 0 aliphatic carbocycles. The van der Waals surface area contributed by atoms with Crippen LogP contribution in [0.4, 0.5) is 10.1 Å². The van der Waals surface area contributed by atoms with E-state index in [0.29, 0.717) is 6.42 Å². The van der Waals surface area contributed by atoms with Crippen molar-refractivity contribution in [2.45, 2.75) is 59.2 Å². The van der Waals surface area contributed by atoms with Gasteiger partial charge in [-0.05, 0) is 44.4 Å². The summed E-state index contributed by atoms with van der Waals surface area (Å²) in [5.74, 6) is -1.71. The number of rotatable bonds is 12. The SMILES string of the molecule is CC[C@H](C)NC(=O)[C@H](CC)N(Cc1ccc(C)cc1)C(=O)CN(c1ccccc1F)S(=O)(=O)N(C)C. The fraction of sp³-hybridized carbons (Fsp3) is 0.462. The number of carbonyl (C=O) groups excluding carboxylic acids is 2. The average molecular weight is 521 g/mol. The molecule has 0 aromatic heterocycles. The van der Waals surface area contributed by atoms with Crippen molar-refractivity contribution in [1.82, 2.24) is 14.5 Å². The Balaban J connectivity index is 2.51. The molecule has 0 spiro atoms. The van der Waals surface area contributed by atoms with Crippen molar-refractivity contribution >= 4 is 27.7 Å². The summed E-state index contributed by atoms with van der Waals surface area (Å²) in [7, 11) is -1.60. The van der Waals surface area contributed by atoms with E-state index in [2.05, 4.69) is 5.32 Å². The summed E-state index contributed by atoms with van der Waals surface area (Å²) in [6.07, 6.45) is 1.04. The van der Waals surface area contributed by atoms with Gasteiger partial charge in [0.25, 0.3) is 0 Å². The molecule has 0 heterocycles. The molecule has 0 aliphatic heterocycles. The zero-order valence-electron chi connectivity index (χ0n) is 21.9. The fourth-order valence-electron chi connectivity index (χ4n) is 3.61. The van der Waals surface area contributed by atoms with E-state index in [1.165, 1.54) is 37.2 Å². The number of benzene rings is 2. The molecule has 0 aliphatic rings. The highest BCUT2D eigenvalue weighted by molar-refractivity contribution is 7.90. The van der Waals surface area contributed by atoms with E-state index < -0.39 is 34.5 Å². The first-order chi connectivity index (χ1) is 16.9. The Bertz CT molecular complexity index is 1140. The molecule has 2 rings (SSSR count). The van der Waals surface area contributed by atoms with Gasteiger partial charge in [0.05, 0.1) is 5.69 Å². The molecule has 2 aromatic rings. The van der Waals surface area contributed by atoms with Crippen LogP contribution in [0.1, 0.15) is 44.7 Å². The summed E-state index contributed by atoms with van der Waals surface area (Å²) in [5.41, 5.74) is 1.59. The molecule has 2 amide bonds. The van der Waals surface area contributed by atoms with Crippen LogP contribution in [-0.4, -0.2) is 62.2 Å². The lowest BCUT2D eigenvalue weighted by molar-refractivity contribution is -0.140. The second-order valence-corrected chi connectivity index (χ2v) is 11.1. The van der Waals surface area contributed by atoms with Crippen LogP contribution in [0, 0.1) is 12.7 Å². The topological polar surface area (TPSA) is 90.0 Å². The molecule has 0 radical (unpaired) electrons. The van der Waals surface area contributed by atoms with E-state index in [1.54, 1.807) is 6.92 Å². The van der Waals surface area contributed by atoms with Crippen molar-refractivity contribution < 1.29 is 22.4 Å².